The molecule has 108 valence electrons. The molecular formula is C14H25N3O2. The fraction of sp³-hybridized carbons (Fsp3) is 0.786. The fourth-order valence-corrected chi connectivity index (χ4v) is 2.17. The number of nitrogens with zero attached hydrogens (tertiary/aromatic N) is 2. The van der Waals surface area contributed by atoms with Gasteiger partial charge in [-0.1, -0.05) is 13.8 Å². The SMILES string of the molecule is CC(C)CNCc1coc(N2CC(C)OCC2C)n1. The summed E-state index contributed by atoms with van der Waals surface area (Å²) >= 11 is 0. The topological polar surface area (TPSA) is 50.5 Å². The molecule has 1 N–H and O–H groups in total. The number of ether oxygens (including phenoxy) is 1. The van der Waals surface area contributed by atoms with Gasteiger partial charge in [0.15, 0.2) is 0 Å². The van der Waals surface area contributed by atoms with Crippen molar-refractivity contribution in [2.24, 2.45) is 5.92 Å². The highest BCUT2D eigenvalue weighted by molar-refractivity contribution is 5.30. The van der Waals surface area contributed by atoms with Crippen LogP contribution in [0.25, 0.3) is 0 Å². The lowest BCUT2D eigenvalue weighted by atomic mass is 10.2. The van der Waals surface area contributed by atoms with E-state index in [1.54, 1.807) is 6.26 Å². The Morgan fingerprint density at radius 1 is 1.47 bits per heavy atom. The molecule has 0 amide bonds. The van der Waals surface area contributed by atoms with Crippen LogP contribution in [0.4, 0.5) is 6.01 Å². The first-order chi connectivity index (χ1) is 9.06. The molecule has 19 heavy (non-hydrogen) atoms. The van der Waals surface area contributed by atoms with Gasteiger partial charge in [-0.25, -0.2) is 0 Å². The number of morpholine rings is 1. The van der Waals surface area contributed by atoms with Gasteiger partial charge in [-0.3, -0.25) is 0 Å². The minimum Gasteiger partial charge on any atom is -0.432 e. The molecule has 1 aromatic rings. The number of hydrogen-bond donors (Lipinski definition) is 1. The first-order valence-electron chi connectivity index (χ1n) is 7.09. The maximum atomic E-state index is 5.62. The molecule has 0 saturated carbocycles. The lowest BCUT2D eigenvalue weighted by molar-refractivity contribution is 0.0322. The molecule has 1 fully saturated rings. The maximum absolute atomic E-state index is 5.62. The van der Waals surface area contributed by atoms with Gasteiger partial charge in [0.1, 0.15) is 6.26 Å². The van der Waals surface area contributed by atoms with Gasteiger partial charge in [0.2, 0.25) is 0 Å². The molecule has 0 aliphatic carbocycles. The molecule has 1 aromatic heterocycles. The first-order valence-corrected chi connectivity index (χ1v) is 7.09. The van der Waals surface area contributed by atoms with Crippen LogP contribution in [0.1, 0.15) is 33.4 Å². The Morgan fingerprint density at radius 2 is 2.26 bits per heavy atom. The predicted octanol–water partition coefficient (Wildman–Crippen LogP) is 2.03. The van der Waals surface area contributed by atoms with E-state index in [9.17, 15) is 0 Å². The molecule has 5 nitrogen and oxygen atoms in total. The highest BCUT2D eigenvalue weighted by Crippen LogP contribution is 2.21. The minimum absolute atomic E-state index is 0.227. The standard InChI is InChI=1S/C14H25N3O2/c1-10(2)5-15-6-13-9-19-14(16-13)17-7-12(4)18-8-11(17)3/h9-12,15H,5-8H2,1-4H3. The number of hydrogen-bond acceptors (Lipinski definition) is 5. The number of anilines is 1. The van der Waals surface area contributed by atoms with E-state index in [0.717, 1.165) is 31.9 Å². The van der Waals surface area contributed by atoms with Crippen molar-refractivity contribution < 1.29 is 9.15 Å². The summed E-state index contributed by atoms with van der Waals surface area (Å²) in [5.74, 6) is 0.645. The van der Waals surface area contributed by atoms with E-state index in [1.807, 2.05) is 0 Å². The van der Waals surface area contributed by atoms with E-state index in [1.165, 1.54) is 0 Å². The molecule has 2 atom stereocenters. The van der Waals surface area contributed by atoms with Crippen molar-refractivity contribution in [2.75, 3.05) is 24.6 Å². The summed E-state index contributed by atoms with van der Waals surface area (Å²) in [4.78, 5) is 6.74. The van der Waals surface area contributed by atoms with Gasteiger partial charge in [-0.2, -0.15) is 4.98 Å². The summed E-state index contributed by atoms with van der Waals surface area (Å²) in [6.07, 6.45) is 1.97. The second-order valence-electron chi connectivity index (χ2n) is 5.79. The third-order valence-electron chi connectivity index (χ3n) is 3.25. The van der Waals surface area contributed by atoms with Gasteiger partial charge in [0.05, 0.1) is 24.4 Å². The van der Waals surface area contributed by atoms with Crippen molar-refractivity contribution >= 4 is 6.01 Å². The zero-order valence-corrected chi connectivity index (χ0v) is 12.3. The molecule has 0 bridgehead atoms. The number of oxazole rings is 1. The van der Waals surface area contributed by atoms with Crippen LogP contribution in [0.15, 0.2) is 10.7 Å². The zero-order valence-electron chi connectivity index (χ0n) is 12.3. The third kappa shape index (κ3) is 3.94. The molecule has 2 heterocycles. The summed E-state index contributed by atoms with van der Waals surface area (Å²) in [6, 6.07) is 1.02. The molecular weight excluding hydrogens is 242 g/mol. The number of nitrogens with one attached hydrogen (secondary N) is 1. The molecule has 5 heteroatoms. The smallest absolute Gasteiger partial charge is 0.297 e. The van der Waals surface area contributed by atoms with Crippen molar-refractivity contribution in [3.05, 3.63) is 12.0 Å². The summed E-state index contributed by atoms with van der Waals surface area (Å²) in [7, 11) is 0. The molecule has 1 aliphatic rings. The largest absolute Gasteiger partial charge is 0.432 e. The normalized spacial score (nSPS) is 24.2. The molecule has 2 rings (SSSR count). The summed E-state index contributed by atoms with van der Waals surface area (Å²) in [5, 5.41) is 3.37. The Balaban J connectivity index is 1.92. The van der Waals surface area contributed by atoms with Crippen molar-refractivity contribution in [1.29, 1.82) is 0 Å². The van der Waals surface area contributed by atoms with E-state index in [2.05, 4.69) is 42.9 Å². The van der Waals surface area contributed by atoms with Gasteiger partial charge in [-0.05, 0) is 26.3 Å². The van der Waals surface area contributed by atoms with Crippen LogP contribution < -0.4 is 10.2 Å². The van der Waals surface area contributed by atoms with Crippen molar-refractivity contribution in [1.82, 2.24) is 10.3 Å². The van der Waals surface area contributed by atoms with Crippen molar-refractivity contribution in [3.63, 3.8) is 0 Å². The second kappa shape index (κ2) is 6.39. The Bertz CT molecular complexity index is 392. The van der Waals surface area contributed by atoms with E-state index in [0.29, 0.717) is 18.0 Å². The van der Waals surface area contributed by atoms with Crippen LogP contribution in [0.3, 0.4) is 0 Å². The molecule has 0 spiro atoms. The average Bonchev–Trinajstić information content (AvgIpc) is 2.80. The molecule has 1 aliphatic heterocycles. The van der Waals surface area contributed by atoms with E-state index >= 15 is 0 Å². The van der Waals surface area contributed by atoms with Crippen LogP contribution >= 0.6 is 0 Å². The minimum atomic E-state index is 0.227. The molecule has 2 unspecified atom stereocenters. The van der Waals surface area contributed by atoms with Gasteiger partial charge in [0.25, 0.3) is 6.01 Å². The van der Waals surface area contributed by atoms with Crippen molar-refractivity contribution in [3.8, 4) is 0 Å². The third-order valence-corrected chi connectivity index (χ3v) is 3.25. The van der Waals surface area contributed by atoms with Gasteiger partial charge in [-0.15, -0.1) is 0 Å². The zero-order chi connectivity index (χ0) is 13.8. The Hall–Kier alpha value is -1.07. The van der Waals surface area contributed by atoms with Crippen LogP contribution in [0, 0.1) is 5.92 Å². The second-order valence-corrected chi connectivity index (χ2v) is 5.79. The van der Waals surface area contributed by atoms with Crippen molar-refractivity contribution in [2.45, 2.75) is 46.4 Å². The maximum Gasteiger partial charge on any atom is 0.297 e. The number of aromatic nitrogens is 1. The number of rotatable bonds is 5. The van der Waals surface area contributed by atoms with E-state index in [-0.39, 0.29) is 6.10 Å². The van der Waals surface area contributed by atoms with Gasteiger partial charge >= 0.3 is 0 Å². The van der Waals surface area contributed by atoms with Crippen LogP contribution in [0.5, 0.6) is 0 Å². The summed E-state index contributed by atoms with van der Waals surface area (Å²) < 4.78 is 11.2. The lowest BCUT2D eigenvalue weighted by Gasteiger charge is -2.35. The van der Waals surface area contributed by atoms with Crippen LogP contribution in [-0.2, 0) is 11.3 Å². The van der Waals surface area contributed by atoms with Crippen LogP contribution in [0.2, 0.25) is 0 Å². The van der Waals surface area contributed by atoms with Gasteiger partial charge in [0, 0.05) is 13.1 Å². The van der Waals surface area contributed by atoms with E-state index < -0.39 is 0 Å². The molecule has 0 aromatic carbocycles. The highest BCUT2D eigenvalue weighted by atomic mass is 16.5. The lowest BCUT2D eigenvalue weighted by Crippen LogP contribution is -2.47. The molecule has 0 radical (unpaired) electrons. The quantitative estimate of drug-likeness (QED) is 0.884. The van der Waals surface area contributed by atoms with Gasteiger partial charge < -0.3 is 19.4 Å². The Kier molecular flexibility index (Phi) is 4.82. The summed E-state index contributed by atoms with van der Waals surface area (Å²) in [6.45, 7) is 11.9. The first kappa shape index (κ1) is 14.3. The Labute approximate surface area is 115 Å². The predicted molar refractivity (Wildman–Crippen MR) is 75.3 cm³/mol. The Morgan fingerprint density at radius 3 is 3.00 bits per heavy atom. The fourth-order valence-electron chi connectivity index (χ4n) is 2.17. The highest BCUT2D eigenvalue weighted by Gasteiger charge is 2.26. The average molecular weight is 267 g/mol. The summed E-state index contributed by atoms with van der Waals surface area (Å²) in [5.41, 5.74) is 0.960. The van der Waals surface area contributed by atoms with E-state index in [4.69, 9.17) is 9.15 Å². The van der Waals surface area contributed by atoms with Crippen LogP contribution in [-0.4, -0.2) is 36.8 Å². The molecule has 1 saturated heterocycles. The monoisotopic (exact) mass is 267 g/mol.